The molecule has 2 N–H and O–H groups in total. The van der Waals surface area contributed by atoms with E-state index in [9.17, 15) is 9.59 Å². The van der Waals surface area contributed by atoms with Gasteiger partial charge in [-0.2, -0.15) is 0 Å². The fourth-order valence-corrected chi connectivity index (χ4v) is 3.34. The minimum Gasteiger partial charge on any atom is -0.273 e. The first kappa shape index (κ1) is 13.6. The summed E-state index contributed by atoms with van der Waals surface area (Å²) in [5.74, 6) is 0.0465. The summed E-state index contributed by atoms with van der Waals surface area (Å²) in [7, 11) is 0. The average molecular weight is 337 g/mol. The van der Waals surface area contributed by atoms with E-state index in [-0.39, 0.29) is 33.9 Å². The van der Waals surface area contributed by atoms with E-state index in [1.54, 1.807) is 0 Å². The Morgan fingerprint density at radius 1 is 1.25 bits per heavy atom. The van der Waals surface area contributed by atoms with Gasteiger partial charge in [0.1, 0.15) is 0 Å². The summed E-state index contributed by atoms with van der Waals surface area (Å²) in [6.07, 6.45) is 1.66. The van der Waals surface area contributed by atoms with Gasteiger partial charge < -0.3 is 0 Å². The van der Waals surface area contributed by atoms with E-state index in [0.29, 0.717) is 0 Å². The van der Waals surface area contributed by atoms with E-state index in [1.165, 1.54) is 5.56 Å². The molecule has 0 aromatic heterocycles. The van der Waals surface area contributed by atoms with Crippen LogP contribution in [0.25, 0.3) is 0 Å². The molecule has 2 amide bonds. The number of carbonyl (C=O) groups excluding carboxylic acids is 2. The molecular weight excluding hydrogens is 320 g/mol. The molecule has 2 saturated carbocycles. The minimum absolute atomic E-state index is 0.0236. The zero-order chi connectivity index (χ0) is 14.3. The summed E-state index contributed by atoms with van der Waals surface area (Å²) in [4.78, 5) is 24.1. The van der Waals surface area contributed by atoms with Crippen molar-refractivity contribution in [2.45, 2.75) is 30.5 Å². The third-order valence-corrected chi connectivity index (χ3v) is 5.64. The molecular formula is C15H17BrN2O2. The molecule has 0 bridgehead atoms. The molecule has 0 saturated heterocycles. The van der Waals surface area contributed by atoms with Crippen LogP contribution in [0.2, 0.25) is 0 Å². The van der Waals surface area contributed by atoms with E-state index in [0.717, 1.165) is 12.8 Å². The van der Waals surface area contributed by atoms with Crippen molar-refractivity contribution in [1.82, 2.24) is 10.9 Å². The van der Waals surface area contributed by atoms with Crippen molar-refractivity contribution >= 4 is 27.7 Å². The molecule has 4 atom stereocenters. The van der Waals surface area contributed by atoms with Gasteiger partial charge in [-0.1, -0.05) is 46.3 Å². The molecule has 1 aromatic carbocycles. The molecule has 0 spiro atoms. The first-order valence-electron chi connectivity index (χ1n) is 6.81. The van der Waals surface area contributed by atoms with Crippen LogP contribution in [-0.4, -0.2) is 16.6 Å². The van der Waals surface area contributed by atoms with Gasteiger partial charge in [0.2, 0.25) is 11.8 Å². The summed E-state index contributed by atoms with van der Waals surface area (Å²) < 4.78 is 0. The molecule has 0 radical (unpaired) electrons. The summed E-state index contributed by atoms with van der Waals surface area (Å²) in [5, 5.41) is 0. The molecule has 106 valence electrons. The van der Waals surface area contributed by atoms with Gasteiger partial charge in [-0.05, 0) is 31.2 Å². The van der Waals surface area contributed by atoms with Crippen LogP contribution in [0.3, 0.4) is 0 Å². The first-order valence-corrected chi connectivity index (χ1v) is 7.73. The average Bonchev–Trinajstić information content (AvgIpc) is 3.35. The molecule has 2 aliphatic rings. The highest BCUT2D eigenvalue weighted by Gasteiger charge is 2.55. The number of benzene rings is 1. The summed E-state index contributed by atoms with van der Waals surface area (Å²) in [5.41, 5.74) is 5.90. The van der Waals surface area contributed by atoms with Gasteiger partial charge >= 0.3 is 0 Å². The fraction of sp³-hybridized carbons (Fsp3) is 0.467. The second-order valence-electron chi connectivity index (χ2n) is 5.89. The van der Waals surface area contributed by atoms with Gasteiger partial charge in [0.25, 0.3) is 0 Å². The van der Waals surface area contributed by atoms with Crippen molar-refractivity contribution in [2.24, 2.45) is 11.3 Å². The van der Waals surface area contributed by atoms with E-state index < -0.39 is 0 Å². The van der Waals surface area contributed by atoms with Crippen molar-refractivity contribution in [3.8, 4) is 0 Å². The van der Waals surface area contributed by atoms with Crippen LogP contribution < -0.4 is 10.9 Å². The van der Waals surface area contributed by atoms with Crippen LogP contribution >= 0.6 is 15.9 Å². The van der Waals surface area contributed by atoms with Crippen molar-refractivity contribution in [3.05, 3.63) is 35.9 Å². The normalized spacial score (nSPS) is 34.2. The summed E-state index contributed by atoms with van der Waals surface area (Å²) >= 11 is 3.42. The van der Waals surface area contributed by atoms with E-state index in [4.69, 9.17) is 0 Å². The van der Waals surface area contributed by atoms with E-state index >= 15 is 0 Å². The minimum atomic E-state index is -0.379. The highest BCUT2D eigenvalue weighted by Crippen LogP contribution is 2.51. The predicted molar refractivity (Wildman–Crippen MR) is 79.0 cm³/mol. The summed E-state index contributed by atoms with van der Waals surface area (Å²) in [6.45, 7) is 1.89. The Bertz CT molecular complexity index is 548. The number of alkyl halides is 1. The van der Waals surface area contributed by atoms with Crippen molar-refractivity contribution < 1.29 is 9.59 Å². The fourth-order valence-electron chi connectivity index (χ4n) is 2.46. The number of nitrogens with one attached hydrogen (secondary N) is 2. The van der Waals surface area contributed by atoms with Gasteiger partial charge in [0, 0.05) is 10.7 Å². The van der Waals surface area contributed by atoms with Gasteiger partial charge in [0.15, 0.2) is 0 Å². The monoisotopic (exact) mass is 336 g/mol. The van der Waals surface area contributed by atoms with Gasteiger partial charge in [0.05, 0.1) is 5.41 Å². The van der Waals surface area contributed by atoms with Crippen LogP contribution in [-0.2, 0) is 9.59 Å². The van der Waals surface area contributed by atoms with Crippen LogP contribution in [0, 0.1) is 11.3 Å². The molecule has 2 aliphatic carbocycles. The molecule has 3 rings (SSSR count). The molecule has 0 aliphatic heterocycles. The number of amides is 2. The van der Waals surface area contributed by atoms with E-state index in [1.807, 2.05) is 37.3 Å². The standard InChI is InChI=1S/C15H17BrN2O2/c1-15(8-12(15)16)14(20)18-17-13(19)11-7-10(11)9-5-3-2-4-6-9/h2-6,10-12H,7-8H2,1H3,(H,17,19)(H,18,20)/t10-,11+,12+,15+/m1/s1. The Kier molecular flexibility index (Phi) is 3.32. The second-order valence-corrected chi connectivity index (χ2v) is 7.00. The smallest absolute Gasteiger partial charge is 0.245 e. The molecule has 0 unspecified atom stereocenters. The molecule has 4 nitrogen and oxygen atoms in total. The van der Waals surface area contributed by atoms with Crippen molar-refractivity contribution in [3.63, 3.8) is 0 Å². The predicted octanol–water partition coefficient (Wildman–Crippen LogP) is 2.11. The quantitative estimate of drug-likeness (QED) is 0.656. The number of hydrogen-bond acceptors (Lipinski definition) is 2. The molecule has 5 heteroatoms. The van der Waals surface area contributed by atoms with Crippen molar-refractivity contribution in [1.29, 1.82) is 0 Å². The highest BCUT2D eigenvalue weighted by atomic mass is 79.9. The maximum atomic E-state index is 12.0. The van der Waals surface area contributed by atoms with Crippen LogP contribution in [0.4, 0.5) is 0 Å². The zero-order valence-electron chi connectivity index (χ0n) is 11.2. The Hall–Kier alpha value is -1.36. The lowest BCUT2D eigenvalue weighted by atomic mass is 10.1. The third kappa shape index (κ3) is 2.46. The maximum Gasteiger partial charge on any atom is 0.245 e. The zero-order valence-corrected chi connectivity index (χ0v) is 12.8. The van der Waals surface area contributed by atoms with Gasteiger partial charge in [-0.25, -0.2) is 0 Å². The summed E-state index contributed by atoms with van der Waals surface area (Å²) in [6, 6.07) is 10.0. The first-order chi connectivity index (χ1) is 9.52. The Balaban J connectivity index is 1.49. The molecule has 0 heterocycles. The molecule has 20 heavy (non-hydrogen) atoms. The lowest BCUT2D eigenvalue weighted by molar-refractivity contribution is -0.132. The highest BCUT2D eigenvalue weighted by molar-refractivity contribution is 9.09. The Labute approximate surface area is 126 Å². The van der Waals surface area contributed by atoms with Crippen LogP contribution in [0.15, 0.2) is 30.3 Å². The van der Waals surface area contributed by atoms with Crippen LogP contribution in [0.1, 0.15) is 31.2 Å². The second kappa shape index (κ2) is 4.88. The van der Waals surface area contributed by atoms with E-state index in [2.05, 4.69) is 26.8 Å². The van der Waals surface area contributed by atoms with Gasteiger partial charge in [-0.3, -0.25) is 20.4 Å². The molecule has 2 fully saturated rings. The Morgan fingerprint density at radius 3 is 2.50 bits per heavy atom. The lowest BCUT2D eigenvalue weighted by Gasteiger charge is -2.11. The Morgan fingerprint density at radius 2 is 1.90 bits per heavy atom. The van der Waals surface area contributed by atoms with Crippen LogP contribution in [0.5, 0.6) is 0 Å². The number of hydrogen-bond donors (Lipinski definition) is 2. The molecule has 1 aromatic rings. The largest absolute Gasteiger partial charge is 0.273 e. The van der Waals surface area contributed by atoms with Gasteiger partial charge in [-0.15, -0.1) is 0 Å². The topological polar surface area (TPSA) is 58.2 Å². The van der Waals surface area contributed by atoms with Crippen molar-refractivity contribution in [2.75, 3.05) is 0 Å². The lowest BCUT2D eigenvalue weighted by Crippen LogP contribution is -2.46. The third-order valence-electron chi connectivity index (χ3n) is 4.31. The maximum absolute atomic E-state index is 12.0. The number of rotatable bonds is 3. The number of carbonyl (C=O) groups is 2. The SMILES string of the molecule is C[C@]1(C(=O)NNC(=O)[C@H]2C[C@@H]2c2ccccc2)C[C@@H]1Br. The number of halogens is 1. The number of hydrazine groups is 1.